The van der Waals surface area contributed by atoms with Crippen molar-refractivity contribution in [2.75, 3.05) is 32.7 Å². The maximum atomic E-state index is 12.5. The highest BCUT2D eigenvalue weighted by molar-refractivity contribution is 5.74. The summed E-state index contributed by atoms with van der Waals surface area (Å²) in [7, 11) is 0. The van der Waals surface area contributed by atoms with E-state index >= 15 is 0 Å². The van der Waals surface area contributed by atoms with Crippen LogP contribution in [0.4, 0.5) is 0 Å². The molecule has 3 heterocycles. The minimum atomic E-state index is -0.620. The van der Waals surface area contributed by atoms with Crippen LogP contribution in [-0.2, 0) is 11.2 Å². The van der Waals surface area contributed by atoms with Gasteiger partial charge in [0, 0.05) is 43.6 Å². The predicted molar refractivity (Wildman–Crippen MR) is 158 cm³/mol. The lowest BCUT2D eigenvalue weighted by molar-refractivity contribution is -0.145. The molecule has 3 unspecified atom stereocenters. The van der Waals surface area contributed by atoms with E-state index in [9.17, 15) is 9.90 Å². The van der Waals surface area contributed by atoms with Crippen LogP contribution in [0, 0.1) is 11.8 Å². The van der Waals surface area contributed by atoms with Gasteiger partial charge in [-0.25, -0.2) is 0 Å². The van der Waals surface area contributed by atoms with Gasteiger partial charge in [0.1, 0.15) is 6.04 Å². The second-order valence-electron chi connectivity index (χ2n) is 12.5. The lowest BCUT2D eigenvalue weighted by Gasteiger charge is -2.35. The largest absolute Gasteiger partial charge is 0.480 e. The molecule has 0 bridgehead atoms. The second-order valence-corrected chi connectivity index (χ2v) is 12.5. The Labute approximate surface area is 238 Å². The summed E-state index contributed by atoms with van der Waals surface area (Å²) in [4.78, 5) is 17.5. The number of nitrogens with zero attached hydrogens (tertiary/aromatic N) is 3. The maximum absolute atomic E-state index is 12.5. The minimum Gasteiger partial charge on any atom is -0.480 e. The monoisotopic (exact) mass is 540 g/mol. The molecule has 6 rings (SSSR count). The highest BCUT2D eigenvalue weighted by Gasteiger charge is 2.43. The molecule has 2 saturated heterocycles. The van der Waals surface area contributed by atoms with Crippen LogP contribution in [0.25, 0.3) is 0 Å². The van der Waals surface area contributed by atoms with Gasteiger partial charge in [-0.05, 0) is 67.8 Å². The lowest BCUT2D eigenvalue weighted by Crippen LogP contribution is -2.46. The average Bonchev–Trinajstić information content (AvgIpc) is 3.62. The standard InChI is InChI=1S/C34H44N4O2/c39-34(40)33(28-14-8-3-9-15-28)38-23-29(31(24-38)26-12-6-2-7-13-26)22-37-18-16-27(17-19-37)32-21-30(35-36-32)20-25-10-4-1-5-11-25/h1-2,4-7,10-13,21,27-29,31,33H,3,8-9,14-20,22-24H2,(H,35,36)(H,39,40). The quantitative estimate of drug-likeness (QED) is 0.352. The number of carboxylic acids is 1. The molecule has 1 saturated carbocycles. The summed E-state index contributed by atoms with van der Waals surface area (Å²) < 4.78 is 0. The number of hydrogen-bond donors (Lipinski definition) is 2. The SMILES string of the molecule is O=C(O)C(C1CCCCC1)N1CC(CN2CCC(c3cc(Cc4ccccc4)[nH]n3)CC2)C(c2ccccc2)C1. The topological polar surface area (TPSA) is 72.5 Å². The smallest absolute Gasteiger partial charge is 0.321 e. The number of carbonyl (C=O) groups is 1. The molecule has 212 valence electrons. The van der Waals surface area contributed by atoms with Crippen molar-refractivity contribution in [3.63, 3.8) is 0 Å². The third-order valence-corrected chi connectivity index (χ3v) is 9.83. The molecular weight excluding hydrogens is 496 g/mol. The molecule has 2 aromatic carbocycles. The van der Waals surface area contributed by atoms with Gasteiger partial charge in [0.25, 0.3) is 0 Å². The number of aromatic nitrogens is 2. The van der Waals surface area contributed by atoms with Crippen LogP contribution < -0.4 is 0 Å². The van der Waals surface area contributed by atoms with Crippen molar-refractivity contribution in [2.45, 2.75) is 69.2 Å². The zero-order chi connectivity index (χ0) is 27.3. The van der Waals surface area contributed by atoms with Gasteiger partial charge in [0.2, 0.25) is 0 Å². The summed E-state index contributed by atoms with van der Waals surface area (Å²) in [5.41, 5.74) is 5.06. The Morgan fingerprint density at radius 1 is 0.925 bits per heavy atom. The molecule has 1 aliphatic carbocycles. The molecule has 3 atom stereocenters. The van der Waals surface area contributed by atoms with Crippen molar-refractivity contribution in [3.8, 4) is 0 Å². The Bertz CT molecular complexity index is 1220. The number of benzene rings is 2. The molecule has 40 heavy (non-hydrogen) atoms. The highest BCUT2D eigenvalue weighted by Crippen LogP contribution is 2.39. The fourth-order valence-corrected chi connectivity index (χ4v) is 7.74. The van der Waals surface area contributed by atoms with E-state index < -0.39 is 5.97 Å². The number of aliphatic carboxylic acids is 1. The van der Waals surface area contributed by atoms with Gasteiger partial charge >= 0.3 is 5.97 Å². The molecule has 0 radical (unpaired) electrons. The van der Waals surface area contributed by atoms with Gasteiger partial charge in [-0.1, -0.05) is 79.9 Å². The summed E-state index contributed by atoms with van der Waals surface area (Å²) >= 11 is 0. The Balaban J connectivity index is 1.09. The normalized spacial score (nSPS) is 24.3. The molecular formula is C34H44N4O2. The first kappa shape index (κ1) is 27.2. The molecule has 6 nitrogen and oxygen atoms in total. The number of piperidine rings is 1. The number of nitrogens with one attached hydrogen (secondary N) is 1. The van der Waals surface area contributed by atoms with Crippen molar-refractivity contribution in [2.24, 2.45) is 11.8 Å². The third-order valence-electron chi connectivity index (χ3n) is 9.83. The number of H-pyrrole nitrogens is 1. The third kappa shape index (κ3) is 6.34. The zero-order valence-electron chi connectivity index (χ0n) is 23.6. The van der Waals surface area contributed by atoms with Gasteiger partial charge < -0.3 is 10.0 Å². The molecule has 2 aliphatic heterocycles. The van der Waals surface area contributed by atoms with Crippen molar-refractivity contribution in [1.82, 2.24) is 20.0 Å². The summed E-state index contributed by atoms with van der Waals surface area (Å²) in [5.74, 6) is 1.01. The van der Waals surface area contributed by atoms with Crippen LogP contribution in [0.3, 0.4) is 0 Å². The van der Waals surface area contributed by atoms with Crippen LogP contribution in [-0.4, -0.2) is 69.8 Å². The highest BCUT2D eigenvalue weighted by atomic mass is 16.4. The number of hydrogen-bond acceptors (Lipinski definition) is 4. The molecule has 6 heteroatoms. The van der Waals surface area contributed by atoms with Gasteiger partial charge in [0.05, 0.1) is 5.69 Å². The van der Waals surface area contributed by atoms with Crippen molar-refractivity contribution >= 4 is 5.97 Å². The van der Waals surface area contributed by atoms with E-state index in [2.05, 4.69) is 81.6 Å². The Morgan fingerprint density at radius 2 is 1.62 bits per heavy atom. The van der Waals surface area contributed by atoms with E-state index in [1.165, 1.54) is 41.8 Å². The number of aromatic amines is 1. The van der Waals surface area contributed by atoms with Crippen molar-refractivity contribution < 1.29 is 9.90 Å². The van der Waals surface area contributed by atoms with E-state index in [4.69, 9.17) is 5.10 Å². The van der Waals surface area contributed by atoms with Crippen LogP contribution in [0.1, 0.15) is 79.3 Å². The first-order valence-corrected chi connectivity index (χ1v) is 15.5. The van der Waals surface area contributed by atoms with E-state index in [0.29, 0.717) is 17.8 Å². The fraction of sp³-hybridized carbons (Fsp3) is 0.529. The predicted octanol–water partition coefficient (Wildman–Crippen LogP) is 5.93. The Morgan fingerprint density at radius 3 is 2.33 bits per heavy atom. The lowest BCUT2D eigenvalue weighted by atomic mass is 9.83. The van der Waals surface area contributed by atoms with E-state index in [-0.39, 0.29) is 12.0 Å². The molecule has 0 amide bonds. The zero-order valence-corrected chi connectivity index (χ0v) is 23.6. The molecule has 3 aliphatic rings. The van der Waals surface area contributed by atoms with Crippen LogP contribution >= 0.6 is 0 Å². The second kappa shape index (κ2) is 12.7. The van der Waals surface area contributed by atoms with Crippen LogP contribution in [0.5, 0.6) is 0 Å². The maximum Gasteiger partial charge on any atom is 0.321 e. The van der Waals surface area contributed by atoms with Crippen LogP contribution in [0.2, 0.25) is 0 Å². The Hall–Kier alpha value is -2.96. The van der Waals surface area contributed by atoms with Crippen molar-refractivity contribution in [1.29, 1.82) is 0 Å². The van der Waals surface area contributed by atoms with Crippen LogP contribution in [0.15, 0.2) is 66.7 Å². The molecule has 2 N–H and O–H groups in total. The molecule has 3 aromatic rings. The summed E-state index contributed by atoms with van der Waals surface area (Å²) in [5, 5.41) is 18.3. The Kier molecular flexibility index (Phi) is 8.64. The molecule has 3 fully saturated rings. The number of carboxylic acid groups (broad SMARTS) is 1. The molecule has 0 spiro atoms. The van der Waals surface area contributed by atoms with E-state index in [1.807, 2.05) is 0 Å². The summed E-state index contributed by atoms with van der Waals surface area (Å²) in [6.07, 6.45) is 8.86. The van der Waals surface area contributed by atoms with Gasteiger partial charge in [-0.2, -0.15) is 5.10 Å². The average molecular weight is 541 g/mol. The number of rotatable bonds is 9. The van der Waals surface area contributed by atoms with Gasteiger partial charge in [-0.3, -0.25) is 14.8 Å². The number of likely N-dealkylation sites (tertiary alicyclic amines) is 2. The van der Waals surface area contributed by atoms with Gasteiger partial charge in [-0.15, -0.1) is 0 Å². The first-order chi connectivity index (χ1) is 19.6. The van der Waals surface area contributed by atoms with E-state index in [0.717, 1.165) is 64.8 Å². The first-order valence-electron chi connectivity index (χ1n) is 15.5. The summed E-state index contributed by atoms with van der Waals surface area (Å²) in [6, 6.07) is 23.3. The van der Waals surface area contributed by atoms with E-state index in [1.54, 1.807) is 0 Å². The minimum absolute atomic E-state index is 0.290. The van der Waals surface area contributed by atoms with Crippen molar-refractivity contribution in [3.05, 3.63) is 89.2 Å². The summed E-state index contributed by atoms with van der Waals surface area (Å²) in [6.45, 7) is 4.94. The fourth-order valence-electron chi connectivity index (χ4n) is 7.74. The molecule has 1 aromatic heterocycles. The van der Waals surface area contributed by atoms with Gasteiger partial charge in [0.15, 0.2) is 0 Å².